The van der Waals surface area contributed by atoms with Gasteiger partial charge in [-0.25, -0.2) is 9.78 Å². The fourth-order valence-corrected chi connectivity index (χ4v) is 5.11. The number of rotatable bonds is 6. The Labute approximate surface area is 189 Å². The van der Waals surface area contributed by atoms with E-state index in [9.17, 15) is 14.4 Å². The number of esters is 1. The van der Waals surface area contributed by atoms with Crippen LogP contribution in [-0.2, 0) is 27.2 Å². The molecule has 1 saturated carbocycles. The van der Waals surface area contributed by atoms with E-state index in [1.54, 1.807) is 6.20 Å². The van der Waals surface area contributed by atoms with Crippen molar-refractivity contribution < 1.29 is 19.1 Å². The molecule has 3 heterocycles. The fourth-order valence-electron chi connectivity index (χ4n) is 5.11. The van der Waals surface area contributed by atoms with Crippen LogP contribution < -0.4 is 4.90 Å². The molecule has 4 rings (SSSR count). The summed E-state index contributed by atoms with van der Waals surface area (Å²) in [5, 5.41) is 0. The fraction of sp³-hybridized carbons (Fsp3) is 0.696. The first kappa shape index (κ1) is 22.6. The van der Waals surface area contributed by atoms with Crippen LogP contribution in [0.25, 0.3) is 0 Å². The summed E-state index contributed by atoms with van der Waals surface area (Å²) in [4.78, 5) is 52.0. The van der Waals surface area contributed by atoms with E-state index in [1.807, 2.05) is 0 Å². The monoisotopic (exact) mass is 443 g/mol. The van der Waals surface area contributed by atoms with Gasteiger partial charge in [0.25, 0.3) is 5.91 Å². The van der Waals surface area contributed by atoms with Crippen molar-refractivity contribution in [2.24, 2.45) is 5.92 Å². The third-order valence-corrected chi connectivity index (χ3v) is 7.14. The summed E-state index contributed by atoms with van der Waals surface area (Å²) in [6, 6.07) is -0.368. The highest BCUT2D eigenvalue weighted by Gasteiger charge is 2.43. The molecule has 9 nitrogen and oxygen atoms in total. The van der Waals surface area contributed by atoms with Crippen LogP contribution >= 0.6 is 0 Å². The number of fused-ring (bicyclic) bond motifs is 1. The molecule has 1 saturated heterocycles. The van der Waals surface area contributed by atoms with Crippen LogP contribution in [0.2, 0.25) is 0 Å². The zero-order chi connectivity index (χ0) is 22.7. The second-order valence-electron chi connectivity index (χ2n) is 8.98. The molecule has 1 aromatic heterocycles. The molecular weight excluding hydrogens is 410 g/mol. The molecule has 0 aromatic carbocycles. The van der Waals surface area contributed by atoms with Crippen molar-refractivity contribution >= 4 is 23.7 Å². The molecule has 0 spiro atoms. The van der Waals surface area contributed by atoms with Crippen molar-refractivity contribution in [3.8, 4) is 0 Å². The SMILES string of the molecule is CCN1CCc2ncc(N3CC(=O)N(C4CCC(CCC(=O)OC)CC4)C3=O)nc2CC1. The van der Waals surface area contributed by atoms with Gasteiger partial charge in [0, 0.05) is 38.4 Å². The number of urea groups is 1. The Kier molecular flexibility index (Phi) is 7.03. The Morgan fingerprint density at radius 3 is 2.53 bits per heavy atom. The normalized spacial score (nSPS) is 24.4. The van der Waals surface area contributed by atoms with Gasteiger partial charge in [0.1, 0.15) is 6.54 Å². The van der Waals surface area contributed by atoms with E-state index in [1.165, 1.54) is 16.9 Å². The molecule has 3 aliphatic rings. The number of aromatic nitrogens is 2. The largest absolute Gasteiger partial charge is 0.469 e. The number of methoxy groups -OCH3 is 1. The molecule has 3 amide bonds. The number of carbonyl (C=O) groups excluding carboxylic acids is 3. The van der Waals surface area contributed by atoms with Gasteiger partial charge in [-0.05, 0) is 44.6 Å². The Balaban J connectivity index is 1.39. The number of carbonyl (C=O) groups is 3. The predicted molar refractivity (Wildman–Crippen MR) is 118 cm³/mol. The van der Waals surface area contributed by atoms with Gasteiger partial charge in [-0.3, -0.25) is 24.4 Å². The first-order chi connectivity index (χ1) is 15.5. The molecule has 32 heavy (non-hydrogen) atoms. The molecule has 9 heteroatoms. The molecule has 0 N–H and O–H groups in total. The van der Waals surface area contributed by atoms with Crippen LogP contribution in [0, 0.1) is 5.92 Å². The van der Waals surface area contributed by atoms with Gasteiger partial charge in [0.05, 0.1) is 24.7 Å². The molecule has 174 valence electrons. The number of ether oxygens (including phenoxy) is 1. The molecule has 2 aliphatic heterocycles. The highest BCUT2D eigenvalue weighted by atomic mass is 16.5. The number of hydrogen-bond acceptors (Lipinski definition) is 7. The first-order valence-electron chi connectivity index (χ1n) is 11.8. The van der Waals surface area contributed by atoms with Gasteiger partial charge in [-0.15, -0.1) is 0 Å². The summed E-state index contributed by atoms with van der Waals surface area (Å²) >= 11 is 0. The number of likely N-dealkylation sites (N-methyl/N-ethyl adjacent to an activating group) is 1. The van der Waals surface area contributed by atoms with Crippen molar-refractivity contribution in [2.45, 2.75) is 64.3 Å². The van der Waals surface area contributed by atoms with Crippen molar-refractivity contribution in [2.75, 3.05) is 38.2 Å². The van der Waals surface area contributed by atoms with Gasteiger partial charge in [0.15, 0.2) is 5.82 Å². The summed E-state index contributed by atoms with van der Waals surface area (Å²) in [6.45, 7) is 5.07. The zero-order valence-electron chi connectivity index (χ0n) is 19.1. The van der Waals surface area contributed by atoms with Crippen molar-refractivity contribution in [1.82, 2.24) is 19.8 Å². The number of amides is 3. The van der Waals surface area contributed by atoms with Crippen molar-refractivity contribution in [1.29, 1.82) is 0 Å². The standard InChI is InChI=1S/C23H33N5O4/c1-3-26-12-10-18-19(11-13-26)25-20(14-24-18)27-15-21(29)28(23(27)31)17-7-4-16(5-8-17)6-9-22(30)32-2/h14,16-17H,3-13,15H2,1-2H3. The molecule has 0 unspecified atom stereocenters. The van der Waals surface area contributed by atoms with Crippen LogP contribution in [0.5, 0.6) is 0 Å². The molecular formula is C23H33N5O4. The van der Waals surface area contributed by atoms with Crippen LogP contribution in [0.1, 0.15) is 56.8 Å². The summed E-state index contributed by atoms with van der Waals surface area (Å²) in [6.07, 6.45) is 7.89. The summed E-state index contributed by atoms with van der Waals surface area (Å²) in [5.41, 5.74) is 1.92. The van der Waals surface area contributed by atoms with Crippen LogP contribution in [0.3, 0.4) is 0 Å². The van der Waals surface area contributed by atoms with Gasteiger partial charge in [0.2, 0.25) is 0 Å². The highest BCUT2D eigenvalue weighted by Crippen LogP contribution is 2.33. The Hall–Kier alpha value is -2.55. The lowest BCUT2D eigenvalue weighted by Crippen LogP contribution is -2.43. The minimum Gasteiger partial charge on any atom is -0.469 e. The third-order valence-electron chi connectivity index (χ3n) is 7.14. The van der Waals surface area contributed by atoms with E-state index in [0.717, 1.165) is 76.0 Å². The average Bonchev–Trinajstić information content (AvgIpc) is 2.98. The smallest absolute Gasteiger partial charge is 0.333 e. The van der Waals surface area contributed by atoms with Crippen LogP contribution in [-0.4, -0.2) is 77.0 Å². The number of anilines is 1. The van der Waals surface area contributed by atoms with E-state index >= 15 is 0 Å². The maximum absolute atomic E-state index is 13.2. The quantitative estimate of drug-likeness (QED) is 0.491. The second kappa shape index (κ2) is 9.94. The van der Waals surface area contributed by atoms with Crippen LogP contribution in [0.4, 0.5) is 10.6 Å². The molecule has 1 aliphatic carbocycles. The highest BCUT2D eigenvalue weighted by molar-refractivity contribution is 6.12. The minimum atomic E-state index is -0.286. The summed E-state index contributed by atoms with van der Waals surface area (Å²) in [5.74, 6) is 0.563. The average molecular weight is 444 g/mol. The maximum Gasteiger partial charge on any atom is 0.333 e. The minimum absolute atomic E-state index is 0.0235. The van der Waals surface area contributed by atoms with Gasteiger partial charge in [-0.1, -0.05) is 6.92 Å². The van der Waals surface area contributed by atoms with Gasteiger partial charge in [-0.2, -0.15) is 0 Å². The lowest BCUT2D eigenvalue weighted by Gasteiger charge is -2.33. The van der Waals surface area contributed by atoms with E-state index in [4.69, 9.17) is 9.72 Å². The van der Waals surface area contributed by atoms with Crippen molar-refractivity contribution in [3.05, 3.63) is 17.6 Å². The van der Waals surface area contributed by atoms with Gasteiger partial charge < -0.3 is 9.64 Å². The van der Waals surface area contributed by atoms with Crippen molar-refractivity contribution in [3.63, 3.8) is 0 Å². The molecule has 0 atom stereocenters. The lowest BCUT2D eigenvalue weighted by molar-refractivity contribution is -0.141. The lowest BCUT2D eigenvalue weighted by atomic mass is 9.83. The van der Waals surface area contributed by atoms with E-state index in [0.29, 0.717) is 18.2 Å². The number of hydrogen-bond donors (Lipinski definition) is 0. The number of nitrogens with zero attached hydrogens (tertiary/aromatic N) is 5. The van der Waals surface area contributed by atoms with Crippen LogP contribution in [0.15, 0.2) is 6.20 Å². The maximum atomic E-state index is 13.2. The second-order valence-corrected chi connectivity index (χ2v) is 8.98. The number of imide groups is 1. The predicted octanol–water partition coefficient (Wildman–Crippen LogP) is 2.18. The van der Waals surface area contributed by atoms with E-state index in [-0.39, 0.29) is 30.5 Å². The summed E-state index contributed by atoms with van der Waals surface area (Å²) < 4.78 is 4.72. The Morgan fingerprint density at radius 2 is 1.84 bits per heavy atom. The third kappa shape index (κ3) is 4.77. The molecule has 0 bridgehead atoms. The molecule has 2 fully saturated rings. The van der Waals surface area contributed by atoms with Gasteiger partial charge >= 0.3 is 12.0 Å². The van der Waals surface area contributed by atoms with E-state index in [2.05, 4.69) is 16.8 Å². The Bertz CT molecular complexity index is 868. The van der Waals surface area contributed by atoms with E-state index < -0.39 is 0 Å². The Morgan fingerprint density at radius 1 is 1.12 bits per heavy atom. The summed E-state index contributed by atoms with van der Waals surface area (Å²) in [7, 11) is 1.41. The topological polar surface area (TPSA) is 95.9 Å². The zero-order valence-corrected chi connectivity index (χ0v) is 19.1. The first-order valence-corrected chi connectivity index (χ1v) is 11.8. The molecule has 1 aromatic rings. The molecule has 0 radical (unpaired) electrons.